The van der Waals surface area contributed by atoms with Gasteiger partial charge in [0.25, 0.3) is 5.91 Å². The minimum absolute atomic E-state index is 0.113. The molecular weight excluding hydrogens is 440 g/mol. The first-order chi connectivity index (χ1) is 15.9. The van der Waals surface area contributed by atoms with Crippen LogP contribution in [0.1, 0.15) is 37.0 Å². The highest BCUT2D eigenvalue weighted by Gasteiger charge is 2.27. The third-order valence-electron chi connectivity index (χ3n) is 5.55. The number of likely N-dealkylation sites (tertiary alicyclic amines) is 1. The highest BCUT2D eigenvalue weighted by Crippen LogP contribution is 2.25. The molecule has 1 heterocycles. The van der Waals surface area contributed by atoms with Crippen LogP contribution in [0.3, 0.4) is 0 Å². The van der Waals surface area contributed by atoms with Gasteiger partial charge in [0.2, 0.25) is 5.91 Å². The summed E-state index contributed by atoms with van der Waals surface area (Å²) in [7, 11) is 1.56. The number of nitrogens with zero attached hydrogens (tertiary/aromatic N) is 1. The van der Waals surface area contributed by atoms with Crippen LogP contribution in [-0.2, 0) is 14.3 Å². The van der Waals surface area contributed by atoms with E-state index in [0.29, 0.717) is 40.9 Å². The second kappa shape index (κ2) is 11.7. The molecule has 2 aromatic rings. The van der Waals surface area contributed by atoms with Crippen LogP contribution >= 0.6 is 11.8 Å². The molecule has 0 spiro atoms. The number of carbonyl (C=O) groups is 3. The number of piperidine rings is 1. The van der Waals surface area contributed by atoms with Crippen LogP contribution in [0.2, 0.25) is 0 Å². The predicted octanol–water partition coefficient (Wildman–Crippen LogP) is 4.23. The molecule has 0 bridgehead atoms. The van der Waals surface area contributed by atoms with Gasteiger partial charge in [0.1, 0.15) is 5.75 Å². The molecule has 8 heteroatoms. The van der Waals surface area contributed by atoms with Gasteiger partial charge in [-0.25, -0.2) is 4.79 Å². The van der Waals surface area contributed by atoms with E-state index in [1.165, 1.54) is 11.8 Å². The van der Waals surface area contributed by atoms with Crippen LogP contribution < -0.4 is 10.1 Å². The summed E-state index contributed by atoms with van der Waals surface area (Å²) in [5.74, 6) is 0.421. The molecule has 1 fully saturated rings. The number of thioether (sulfide) groups is 1. The summed E-state index contributed by atoms with van der Waals surface area (Å²) in [5, 5.41) is 2.82. The van der Waals surface area contributed by atoms with Gasteiger partial charge in [0.15, 0.2) is 6.10 Å². The number of ether oxygens (including phenoxy) is 2. The molecule has 0 aromatic heterocycles. The highest BCUT2D eigenvalue weighted by atomic mass is 32.2. The summed E-state index contributed by atoms with van der Waals surface area (Å²) in [6.45, 7) is 5.17. The number of hydrogen-bond acceptors (Lipinski definition) is 6. The normalized spacial score (nSPS) is 14.9. The van der Waals surface area contributed by atoms with Crippen LogP contribution in [-0.4, -0.2) is 54.7 Å². The van der Waals surface area contributed by atoms with Gasteiger partial charge in [-0.15, -0.1) is 11.8 Å². The quantitative estimate of drug-likeness (QED) is 0.459. The Morgan fingerprint density at radius 2 is 1.85 bits per heavy atom. The van der Waals surface area contributed by atoms with Crippen LogP contribution in [0.15, 0.2) is 53.4 Å². The van der Waals surface area contributed by atoms with Crippen molar-refractivity contribution >= 4 is 35.2 Å². The molecule has 1 atom stereocenters. The van der Waals surface area contributed by atoms with Crippen LogP contribution in [0, 0.1) is 5.92 Å². The molecule has 1 aliphatic heterocycles. The van der Waals surface area contributed by atoms with E-state index in [2.05, 4.69) is 12.2 Å². The zero-order chi connectivity index (χ0) is 23.8. The zero-order valence-corrected chi connectivity index (χ0v) is 20.0. The first-order valence-corrected chi connectivity index (χ1v) is 12.0. The van der Waals surface area contributed by atoms with Crippen molar-refractivity contribution in [1.82, 2.24) is 4.90 Å². The van der Waals surface area contributed by atoms with E-state index in [4.69, 9.17) is 9.47 Å². The Morgan fingerprint density at radius 1 is 1.12 bits per heavy atom. The lowest BCUT2D eigenvalue weighted by molar-refractivity contribution is -0.141. The third-order valence-corrected chi connectivity index (χ3v) is 6.62. The molecule has 2 amide bonds. The molecule has 1 unspecified atom stereocenters. The molecule has 1 aliphatic rings. The second-order valence-electron chi connectivity index (χ2n) is 8.12. The van der Waals surface area contributed by atoms with Crippen molar-refractivity contribution in [3.8, 4) is 5.75 Å². The van der Waals surface area contributed by atoms with Crippen molar-refractivity contribution in [3.63, 3.8) is 0 Å². The largest absolute Gasteiger partial charge is 0.497 e. The van der Waals surface area contributed by atoms with Gasteiger partial charge >= 0.3 is 5.97 Å². The maximum atomic E-state index is 12.8. The lowest BCUT2D eigenvalue weighted by Crippen LogP contribution is -2.44. The van der Waals surface area contributed by atoms with Crippen molar-refractivity contribution in [2.45, 2.75) is 37.7 Å². The summed E-state index contributed by atoms with van der Waals surface area (Å²) in [6.07, 6.45) is 1.06. The van der Waals surface area contributed by atoms with Gasteiger partial charge in [0, 0.05) is 29.7 Å². The number of carbonyl (C=O) groups excluding carboxylic acids is 3. The molecule has 7 nitrogen and oxygen atoms in total. The lowest BCUT2D eigenvalue weighted by atomic mass is 9.99. The molecular formula is C25H30N2O5S. The lowest BCUT2D eigenvalue weighted by Gasteiger charge is -2.31. The number of methoxy groups -OCH3 is 1. The van der Waals surface area contributed by atoms with Gasteiger partial charge in [-0.05, 0) is 49.9 Å². The Hall–Kier alpha value is -3.00. The fourth-order valence-corrected chi connectivity index (χ4v) is 4.40. The maximum absolute atomic E-state index is 12.8. The smallest absolute Gasteiger partial charge is 0.340 e. The van der Waals surface area contributed by atoms with E-state index in [0.717, 1.165) is 12.8 Å². The fourth-order valence-electron chi connectivity index (χ4n) is 3.56. The van der Waals surface area contributed by atoms with Gasteiger partial charge in [-0.3, -0.25) is 9.59 Å². The minimum Gasteiger partial charge on any atom is -0.497 e. The standard InChI is InChI=1S/C25H30N2O5S/c1-17-11-13-27(14-12-17)24(29)18(2)32-25(30)21-9-4-5-10-22(21)33-16-23(28)26-19-7-6-8-20(15-19)31-3/h4-10,15,17-18H,11-14,16H2,1-3H3,(H,26,28). The average Bonchev–Trinajstić information content (AvgIpc) is 2.83. The molecule has 1 saturated heterocycles. The Balaban J connectivity index is 1.57. The van der Waals surface area contributed by atoms with E-state index in [1.54, 1.807) is 67.5 Å². The maximum Gasteiger partial charge on any atom is 0.340 e. The monoisotopic (exact) mass is 470 g/mol. The number of amides is 2. The van der Waals surface area contributed by atoms with Crippen LogP contribution in [0.25, 0.3) is 0 Å². The van der Waals surface area contributed by atoms with Gasteiger partial charge in [0.05, 0.1) is 18.4 Å². The number of nitrogens with one attached hydrogen (secondary N) is 1. The van der Waals surface area contributed by atoms with Crippen molar-refractivity contribution < 1.29 is 23.9 Å². The fraction of sp³-hybridized carbons (Fsp3) is 0.400. The Labute approximate surface area is 198 Å². The number of anilines is 1. The van der Waals surface area contributed by atoms with Crippen LogP contribution in [0.5, 0.6) is 5.75 Å². The SMILES string of the molecule is COc1cccc(NC(=O)CSc2ccccc2C(=O)OC(C)C(=O)N2CCC(C)CC2)c1. The van der Waals surface area contributed by atoms with Crippen LogP contribution in [0.4, 0.5) is 5.69 Å². The first kappa shape index (κ1) is 24.6. The number of esters is 1. The molecule has 0 aliphatic carbocycles. The Morgan fingerprint density at radius 3 is 2.58 bits per heavy atom. The predicted molar refractivity (Wildman–Crippen MR) is 129 cm³/mol. The zero-order valence-electron chi connectivity index (χ0n) is 19.2. The van der Waals surface area contributed by atoms with Crippen molar-refractivity contribution in [1.29, 1.82) is 0 Å². The molecule has 0 radical (unpaired) electrons. The van der Waals surface area contributed by atoms with Crippen molar-refractivity contribution in [3.05, 3.63) is 54.1 Å². The minimum atomic E-state index is -0.861. The van der Waals surface area contributed by atoms with E-state index in [-0.39, 0.29) is 17.6 Å². The molecule has 176 valence electrons. The topological polar surface area (TPSA) is 84.9 Å². The Kier molecular flexibility index (Phi) is 8.77. The Bertz CT molecular complexity index is 988. The summed E-state index contributed by atoms with van der Waals surface area (Å²) >= 11 is 1.24. The summed E-state index contributed by atoms with van der Waals surface area (Å²) < 4.78 is 10.7. The summed E-state index contributed by atoms with van der Waals surface area (Å²) in [6, 6.07) is 14.0. The van der Waals surface area contributed by atoms with E-state index >= 15 is 0 Å². The number of benzene rings is 2. The molecule has 0 saturated carbocycles. The average molecular weight is 471 g/mol. The van der Waals surface area contributed by atoms with E-state index in [1.807, 2.05) is 0 Å². The number of rotatable bonds is 8. The molecule has 33 heavy (non-hydrogen) atoms. The first-order valence-electron chi connectivity index (χ1n) is 11.0. The van der Waals surface area contributed by atoms with Gasteiger partial charge in [-0.1, -0.05) is 25.1 Å². The molecule has 1 N–H and O–H groups in total. The molecule has 2 aromatic carbocycles. The van der Waals surface area contributed by atoms with E-state index < -0.39 is 12.1 Å². The second-order valence-corrected chi connectivity index (χ2v) is 9.14. The summed E-state index contributed by atoms with van der Waals surface area (Å²) in [5.41, 5.74) is 0.968. The number of hydrogen-bond donors (Lipinski definition) is 1. The van der Waals surface area contributed by atoms with Gasteiger partial charge < -0.3 is 19.7 Å². The van der Waals surface area contributed by atoms with Gasteiger partial charge in [-0.2, -0.15) is 0 Å². The van der Waals surface area contributed by atoms with Crippen molar-refractivity contribution in [2.75, 3.05) is 31.3 Å². The van der Waals surface area contributed by atoms with E-state index in [9.17, 15) is 14.4 Å². The summed E-state index contributed by atoms with van der Waals surface area (Å²) in [4.78, 5) is 40.3. The molecule has 3 rings (SSSR count). The highest BCUT2D eigenvalue weighted by molar-refractivity contribution is 8.00. The third kappa shape index (κ3) is 6.99. The van der Waals surface area contributed by atoms with Crippen molar-refractivity contribution in [2.24, 2.45) is 5.92 Å².